The summed E-state index contributed by atoms with van der Waals surface area (Å²) in [5.41, 5.74) is 0. The summed E-state index contributed by atoms with van der Waals surface area (Å²) in [5, 5.41) is 6.39. The molecule has 1 saturated carbocycles. The van der Waals surface area contributed by atoms with Crippen molar-refractivity contribution in [3.63, 3.8) is 0 Å². The molecule has 1 unspecified atom stereocenters. The van der Waals surface area contributed by atoms with Crippen molar-refractivity contribution in [1.82, 2.24) is 10.6 Å². The highest BCUT2D eigenvalue weighted by atomic mass is 127. The van der Waals surface area contributed by atoms with E-state index in [9.17, 15) is 8.42 Å². The van der Waals surface area contributed by atoms with Gasteiger partial charge in [0.15, 0.2) is 15.8 Å². The maximum atomic E-state index is 11.4. The maximum Gasteiger partial charge on any atom is 0.191 e. The third-order valence-electron chi connectivity index (χ3n) is 4.07. The van der Waals surface area contributed by atoms with Crippen LogP contribution in [0.15, 0.2) is 4.99 Å². The molecule has 2 N–H and O–H groups in total. The highest BCUT2D eigenvalue weighted by molar-refractivity contribution is 14.0. The van der Waals surface area contributed by atoms with E-state index in [4.69, 9.17) is 4.74 Å². The minimum atomic E-state index is -2.85. The number of rotatable bonds is 6. The summed E-state index contributed by atoms with van der Waals surface area (Å²) in [7, 11) is -1.15. The zero-order valence-corrected chi connectivity index (χ0v) is 16.4. The lowest BCUT2D eigenvalue weighted by Crippen LogP contribution is -2.44. The van der Waals surface area contributed by atoms with Gasteiger partial charge < -0.3 is 15.4 Å². The molecule has 2 fully saturated rings. The molecule has 8 heteroatoms. The van der Waals surface area contributed by atoms with Crippen LogP contribution >= 0.6 is 24.0 Å². The van der Waals surface area contributed by atoms with Crippen molar-refractivity contribution in [2.24, 2.45) is 4.99 Å². The Hall–Kier alpha value is -0.0900. The van der Waals surface area contributed by atoms with E-state index in [0.29, 0.717) is 18.5 Å². The van der Waals surface area contributed by atoms with E-state index in [1.807, 2.05) is 0 Å². The molecular formula is C14H28IN3O3S. The number of hydrogen-bond acceptors (Lipinski definition) is 4. The monoisotopic (exact) mass is 445 g/mol. The minimum absolute atomic E-state index is 0. The predicted octanol–water partition coefficient (Wildman–Crippen LogP) is 1.31. The molecular weight excluding hydrogens is 417 g/mol. The number of nitrogens with one attached hydrogen (secondary N) is 2. The molecule has 0 aromatic carbocycles. The average Bonchev–Trinajstić information content (AvgIpc) is 3.06. The Morgan fingerprint density at radius 2 is 2.00 bits per heavy atom. The van der Waals surface area contributed by atoms with Crippen LogP contribution < -0.4 is 10.6 Å². The van der Waals surface area contributed by atoms with Crippen molar-refractivity contribution in [3.05, 3.63) is 0 Å². The van der Waals surface area contributed by atoms with E-state index in [1.165, 1.54) is 25.7 Å². The molecule has 0 radical (unpaired) electrons. The number of nitrogens with zero attached hydrogens (tertiary/aromatic N) is 1. The number of sulfone groups is 1. The van der Waals surface area contributed by atoms with Crippen molar-refractivity contribution in [2.75, 3.05) is 31.7 Å². The Labute approximate surface area is 150 Å². The number of hydrogen-bond donors (Lipinski definition) is 2. The summed E-state index contributed by atoms with van der Waals surface area (Å²) >= 11 is 0. The summed E-state index contributed by atoms with van der Waals surface area (Å²) in [4.78, 5) is 4.13. The first kappa shape index (κ1) is 20.0. The second kappa shape index (κ2) is 9.92. The Bertz CT molecular complexity index is 450. The van der Waals surface area contributed by atoms with Gasteiger partial charge in [0, 0.05) is 26.2 Å². The Kier molecular flexibility index (Phi) is 9.00. The quantitative estimate of drug-likeness (QED) is 0.279. The molecule has 2 rings (SSSR count). The first-order valence-electron chi connectivity index (χ1n) is 7.88. The fourth-order valence-electron chi connectivity index (χ4n) is 2.88. The molecule has 130 valence electrons. The molecule has 0 amide bonds. The predicted molar refractivity (Wildman–Crippen MR) is 99.8 cm³/mol. The Balaban J connectivity index is 0.00000242. The third kappa shape index (κ3) is 6.99. The van der Waals surface area contributed by atoms with Crippen LogP contribution in [-0.2, 0) is 14.6 Å². The van der Waals surface area contributed by atoms with Gasteiger partial charge in [-0.15, -0.1) is 24.0 Å². The molecule has 0 bridgehead atoms. The molecule has 2 aliphatic rings. The number of halogens is 1. The van der Waals surface area contributed by atoms with Crippen LogP contribution in [0.2, 0.25) is 0 Å². The lowest BCUT2D eigenvalue weighted by Gasteiger charge is -2.16. The summed E-state index contributed by atoms with van der Waals surface area (Å²) in [6, 6.07) is -0.0176. The number of guanidine groups is 1. The van der Waals surface area contributed by atoms with Gasteiger partial charge in [-0.05, 0) is 25.7 Å². The highest BCUT2D eigenvalue weighted by Crippen LogP contribution is 2.20. The van der Waals surface area contributed by atoms with E-state index in [1.54, 1.807) is 7.05 Å². The highest BCUT2D eigenvalue weighted by Gasteiger charge is 2.28. The second-order valence-electron chi connectivity index (χ2n) is 5.87. The summed E-state index contributed by atoms with van der Waals surface area (Å²) in [6.45, 7) is 1.55. The smallest absolute Gasteiger partial charge is 0.191 e. The molecule has 1 heterocycles. The largest absolute Gasteiger partial charge is 0.378 e. The summed E-state index contributed by atoms with van der Waals surface area (Å²) in [6.07, 6.45) is 7.05. The van der Waals surface area contributed by atoms with Crippen LogP contribution in [0.25, 0.3) is 0 Å². The Morgan fingerprint density at radius 3 is 2.59 bits per heavy atom. The third-order valence-corrected chi connectivity index (χ3v) is 5.83. The maximum absolute atomic E-state index is 11.4. The van der Waals surface area contributed by atoms with Gasteiger partial charge in [-0.25, -0.2) is 8.42 Å². The van der Waals surface area contributed by atoms with Crippen LogP contribution in [0.4, 0.5) is 0 Å². The van der Waals surface area contributed by atoms with E-state index in [0.717, 1.165) is 19.6 Å². The van der Waals surface area contributed by atoms with Crippen LogP contribution in [0, 0.1) is 0 Å². The van der Waals surface area contributed by atoms with E-state index in [-0.39, 0.29) is 41.5 Å². The topological polar surface area (TPSA) is 79.8 Å². The minimum Gasteiger partial charge on any atom is -0.378 e. The van der Waals surface area contributed by atoms with Crippen LogP contribution in [0.3, 0.4) is 0 Å². The van der Waals surface area contributed by atoms with Gasteiger partial charge in [-0.3, -0.25) is 4.99 Å². The Morgan fingerprint density at radius 1 is 1.27 bits per heavy atom. The van der Waals surface area contributed by atoms with Crippen molar-refractivity contribution < 1.29 is 13.2 Å². The second-order valence-corrected chi connectivity index (χ2v) is 8.10. The number of aliphatic imine (C=N–C) groups is 1. The van der Waals surface area contributed by atoms with Crippen LogP contribution in [-0.4, -0.2) is 58.2 Å². The van der Waals surface area contributed by atoms with Crippen LogP contribution in [0.1, 0.15) is 38.5 Å². The number of ether oxygens (including phenoxy) is 1. The zero-order chi connectivity index (χ0) is 15.1. The van der Waals surface area contributed by atoms with E-state index in [2.05, 4.69) is 15.6 Å². The van der Waals surface area contributed by atoms with E-state index >= 15 is 0 Å². The van der Waals surface area contributed by atoms with Gasteiger partial charge in [0.2, 0.25) is 0 Å². The standard InChI is InChI=1S/C14H27N3O3S.HI/c1-15-14(17-12-7-10-21(18,19)11-12)16-8-4-9-20-13-5-2-3-6-13;/h12-13H,2-11H2,1H3,(H2,15,16,17);1H. The van der Waals surface area contributed by atoms with Crippen molar-refractivity contribution >= 4 is 39.8 Å². The molecule has 0 aromatic rings. The normalized spacial score (nSPS) is 25.0. The van der Waals surface area contributed by atoms with Crippen LogP contribution in [0.5, 0.6) is 0 Å². The van der Waals surface area contributed by atoms with Gasteiger partial charge >= 0.3 is 0 Å². The molecule has 0 aromatic heterocycles. The molecule has 1 atom stereocenters. The molecule has 1 saturated heterocycles. The van der Waals surface area contributed by atoms with E-state index < -0.39 is 9.84 Å². The molecule has 0 spiro atoms. The van der Waals surface area contributed by atoms with Gasteiger partial charge in [-0.2, -0.15) is 0 Å². The lowest BCUT2D eigenvalue weighted by atomic mass is 10.3. The summed E-state index contributed by atoms with van der Waals surface area (Å²) in [5.74, 6) is 1.16. The fraction of sp³-hybridized carbons (Fsp3) is 0.929. The molecule has 22 heavy (non-hydrogen) atoms. The van der Waals surface area contributed by atoms with Gasteiger partial charge in [0.1, 0.15) is 0 Å². The van der Waals surface area contributed by atoms with Crippen molar-refractivity contribution in [2.45, 2.75) is 50.7 Å². The first-order valence-corrected chi connectivity index (χ1v) is 9.70. The van der Waals surface area contributed by atoms with Crippen molar-refractivity contribution in [3.8, 4) is 0 Å². The molecule has 1 aliphatic carbocycles. The summed E-state index contributed by atoms with van der Waals surface area (Å²) < 4.78 is 28.6. The SMILES string of the molecule is CN=C(NCCCOC1CCCC1)NC1CCS(=O)(=O)C1.I. The average molecular weight is 445 g/mol. The molecule has 1 aliphatic heterocycles. The van der Waals surface area contributed by atoms with Gasteiger partial charge in [0.05, 0.1) is 17.6 Å². The molecule has 6 nitrogen and oxygen atoms in total. The first-order chi connectivity index (χ1) is 10.1. The fourth-order valence-corrected chi connectivity index (χ4v) is 4.55. The van der Waals surface area contributed by atoms with Gasteiger partial charge in [-0.1, -0.05) is 12.8 Å². The zero-order valence-electron chi connectivity index (χ0n) is 13.2. The lowest BCUT2D eigenvalue weighted by molar-refractivity contribution is 0.0574. The van der Waals surface area contributed by atoms with Gasteiger partial charge in [0.25, 0.3) is 0 Å². The van der Waals surface area contributed by atoms with Crippen molar-refractivity contribution in [1.29, 1.82) is 0 Å².